The second-order valence-electron chi connectivity index (χ2n) is 6.40. The van der Waals surface area contributed by atoms with Crippen LogP contribution in [0.25, 0.3) is 0 Å². The first-order chi connectivity index (χ1) is 13.2. The number of hydrogen-bond acceptors (Lipinski definition) is 3. The number of benzene rings is 2. The minimum atomic E-state index is -0.174. The predicted octanol–water partition coefficient (Wildman–Crippen LogP) is 2.99. The van der Waals surface area contributed by atoms with E-state index >= 15 is 0 Å². The minimum absolute atomic E-state index is 0.174. The number of rotatable bonds is 4. The lowest BCUT2D eigenvalue weighted by atomic mass is 10.1. The van der Waals surface area contributed by atoms with Gasteiger partial charge in [0.1, 0.15) is 5.82 Å². The lowest BCUT2D eigenvalue weighted by Gasteiger charge is -2.37. The number of piperazine rings is 1. The fraction of sp³-hybridized carbons (Fsp3) is 0.333. The number of halogens is 1. The van der Waals surface area contributed by atoms with Crippen LogP contribution in [0.4, 0.5) is 10.1 Å². The standard InChI is InChI=1S/C21H24FN5/c1-2-24-21(25-16-18-9-7-17(15-23)8-10-18)27-13-11-26(12-14-27)20-6-4-3-5-19(20)22/h3-10H,2,11-14,16H2,1H3,(H,24,25). The highest BCUT2D eigenvalue weighted by atomic mass is 19.1. The molecular formula is C21H24FN5. The normalized spacial score (nSPS) is 14.8. The summed E-state index contributed by atoms with van der Waals surface area (Å²) >= 11 is 0. The fourth-order valence-corrected chi connectivity index (χ4v) is 3.14. The largest absolute Gasteiger partial charge is 0.366 e. The summed E-state index contributed by atoms with van der Waals surface area (Å²) in [6, 6.07) is 16.5. The maximum atomic E-state index is 14.0. The molecule has 6 heteroatoms. The Morgan fingerprint density at radius 1 is 1.11 bits per heavy atom. The Labute approximate surface area is 159 Å². The zero-order chi connectivity index (χ0) is 19.1. The molecule has 0 unspecified atom stereocenters. The summed E-state index contributed by atoms with van der Waals surface area (Å²) in [7, 11) is 0. The van der Waals surface area contributed by atoms with Gasteiger partial charge in [-0.2, -0.15) is 5.26 Å². The van der Waals surface area contributed by atoms with Gasteiger partial charge in [0, 0.05) is 32.7 Å². The quantitative estimate of drug-likeness (QED) is 0.669. The van der Waals surface area contributed by atoms with Gasteiger partial charge in [-0.05, 0) is 36.8 Å². The average molecular weight is 365 g/mol. The molecule has 1 aliphatic heterocycles. The maximum absolute atomic E-state index is 14.0. The average Bonchev–Trinajstić information content (AvgIpc) is 2.72. The van der Waals surface area contributed by atoms with E-state index in [0.717, 1.165) is 44.2 Å². The van der Waals surface area contributed by atoms with Gasteiger partial charge in [-0.3, -0.25) is 0 Å². The molecule has 0 saturated carbocycles. The van der Waals surface area contributed by atoms with Crippen LogP contribution in [0.5, 0.6) is 0 Å². The highest BCUT2D eigenvalue weighted by Gasteiger charge is 2.21. The molecule has 0 aliphatic carbocycles. The molecule has 1 fully saturated rings. The Morgan fingerprint density at radius 3 is 2.44 bits per heavy atom. The van der Waals surface area contributed by atoms with Crippen LogP contribution in [0.1, 0.15) is 18.1 Å². The van der Waals surface area contributed by atoms with Crippen molar-refractivity contribution in [3.05, 3.63) is 65.5 Å². The number of nitriles is 1. The molecule has 27 heavy (non-hydrogen) atoms. The van der Waals surface area contributed by atoms with Crippen LogP contribution in [0.3, 0.4) is 0 Å². The summed E-state index contributed by atoms with van der Waals surface area (Å²) in [5.74, 6) is 0.697. The smallest absolute Gasteiger partial charge is 0.194 e. The Balaban J connectivity index is 1.63. The van der Waals surface area contributed by atoms with Gasteiger partial charge < -0.3 is 15.1 Å². The number of guanidine groups is 1. The summed E-state index contributed by atoms with van der Waals surface area (Å²) < 4.78 is 14.0. The molecule has 1 N–H and O–H groups in total. The molecule has 2 aromatic carbocycles. The summed E-state index contributed by atoms with van der Waals surface area (Å²) in [4.78, 5) is 9.03. The van der Waals surface area contributed by atoms with Gasteiger partial charge in [0.2, 0.25) is 0 Å². The molecule has 3 rings (SSSR count). The van der Waals surface area contributed by atoms with E-state index in [1.165, 1.54) is 6.07 Å². The van der Waals surface area contributed by atoms with Crippen LogP contribution in [0, 0.1) is 17.1 Å². The van der Waals surface area contributed by atoms with Crippen molar-refractivity contribution in [1.29, 1.82) is 5.26 Å². The summed E-state index contributed by atoms with van der Waals surface area (Å²) in [6.07, 6.45) is 0. The highest BCUT2D eigenvalue weighted by molar-refractivity contribution is 5.80. The van der Waals surface area contributed by atoms with E-state index in [-0.39, 0.29) is 5.82 Å². The third kappa shape index (κ3) is 4.76. The molecule has 0 bridgehead atoms. The van der Waals surface area contributed by atoms with Crippen molar-refractivity contribution >= 4 is 11.6 Å². The van der Waals surface area contributed by atoms with Crippen molar-refractivity contribution in [3.8, 4) is 6.07 Å². The van der Waals surface area contributed by atoms with E-state index in [9.17, 15) is 4.39 Å². The van der Waals surface area contributed by atoms with E-state index in [4.69, 9.17) is 10.3 Å². The number of anilines is 1. The van der Waals surface area contributed by atoms with E-state index < -0.39 is 0 Å². The van der Waals surface area contributed by atoms with Gasteiger partial charge in [-0.15, -0.1) is 0 Å². The van der Waals surface area contributed by atoms with E-state index in [0.29, 0.717) is 17.8 Å². The molecular weight excluding hydrogens is 341 g/mol. The Kier molecular flexibility index (Phi) is 6.26. The fourth-order valence-electron chi connectivity index (χ4n) is 3.14. The van der Waals surface area contributed by atoms with Crippen molar-refractivity contribution in [2.24, 2.45) is 4.99 Å². The molecule has 0 amide bonds. The van der Waals surface area contributed by atoms with Gasteiger partial charge in [0.25, 0.3) is 0 Å². The maximum Gasteiger partial charge on any atom is 0.194 e. The summed E-state index contributed by atoms with van der Waals surface area (Å²) in [6.45, 7) is 6.47. The second-order valence-corrected chi connectivity index (χ2v) is 6.40. The van der Waals surface area contributed by atoms with Crippen molar-refractivity contribution in [1.82, 2.24) is 10.2 Å². The molecule has 0 atom stereocenters. The van der Waals surface area contributed by atoms with E-state index in [1.807, 2.05) is 43.3 Å². The molecule has 140 valence electrons. The van der Waals surface area contributed by atoms with Crippen molar-refractivity contribution in [2.45, 2.75) is 13.5 Å². The Morgan fingerprint density at radius 2 is 1.81 bits per heavy atom. The van der Waals surface area contributed by atoms with Gasteiger partial charge in [-0.1, -0.05) is 24.3 Å². The number of nitrogens with one attached hydrogen (secondary N) is 1. The molecule has 0 aromatic heterocycles. The molecule has 2 aromatic rings. The van der Waals surface area contributed by atoms with E-state index in [2.05, 4.69) is 21.2 Å². The Bertz CT molecular complexity index is 817. The first-order valence-electron chi connectivity index (χ1n) is 9.23. The monoisotopic (exact) mass is 365 g/mol. The molecule has 1 saturated heterocycles. The highest BCUT2D eigenvalue weighted by Crippen LogP contribution is 2.20. The van der Waals surface area contributed by atoms with Crippen molar-refractivity contribution < 1.29 is 4.39 Å². The number of nitrogens with zero attached hydrogens (tertiary/aromatic N) is 4. The lowest BCUT2D eigenvalue weighted by molar-refractivity contribution is 0.370. The lowest BCUT2D eigenvalue weighted by Crippen LogP contribution is -2.52. The molecule has 5 nitrogen and oxygen atoms in total. The van der Waals surface area contributed by atoms with Crippen LogP contribution >= 0.6 is 0 Å². The number of hydrogen-bond donors (Lipinski definition) is 1. The van der Waals surface area contributed by atoms with Crippen molar-refractivity contribution in [2.75, 3.05) is 37.6 Å². The molecule has 0 radical (unpaired) electrons. The molecule has 0 spiro atoms. The number of aliphatic imine (C=N–C) groups is 1. The SMILES string of the molecule is CCNC(=NCc1ccc(C#N)cc1)N1CCN(c2ccccc2F)CC1. The zero-order valence-corrected chi connectivity index (χ0v) is 15.5. The molecule has 1 aliphatic rings. The first kappa shape index (κ1) is 18.7. The minimum Gasteiger partial charge on any atom is -0.366 e. The van der Waals surface area contributed by atoms with Crippen LogP contribution in [0.2, 0.25) is 0 Å². The number of para-hydroxylation sites is 1. The van der Waals surface area contributed by atoms with Gasteiger partial charge in [0.05, 0.1) is 23.9 Å². The zero-order valence-electron chi connectivity index (χ0n) is 15.5. The third-order valence-electron chi connectivity index (χ3n) is 4.60. The van der Waals surface area contributed by atoms with Crippen molar-refractivity contribution in [3.63, 3.8) is 0 Å². The van der Waals surface area contributed by atoms with E-state index in [1.54, 1.807) is 6.07 Å². The van der Waals surface area contributed by atoms with Crippen LogP contribution < -0.4 is 10.2 Å². The Hall–Kier alpha value is -3.07. The summed E-state index contributed by atoms with van der Waals surface area (Å²) in [5, 5.41) is 12.2. The first-order valence-corrected chi connectivity index (χ1v) is 9.23. The van der Waals surface area contributed by atoms with Crippen LogP contribution in [-0.4, -0.2) is 43.6 Å². The van der Waals surface area contributed by atoms with Gasteiger partial charge in [-0.25, -0.2) is 9.38 Å². The van der Waals surface area contributed by atoms with Crippen LogP contribution in [0.15, 0.2) is 53.5 Å². The second kappa shape index (κ2) is 9.04. The third-order valence-corrected chi connectivity index (χ3v) is 4.60. The predicted molar refractivity (Wildman–Crippen MR) is 106 cm³/mol. The topological polar surface area (TPSA) is 54.7 Å². The van der Waals surface area contributed by atoms with Gasteiger partial charge in [0.15, 0.2) is 5.96 Å². The van der Waals surface area contributed by atoms with Gasteiger partial charge >= 0.3 is 0 Å². The summed E-state index contributed by atoms with van der Waals surface area (Å²) in [5.41, 5.74) is 2.38. The molecule has 1 heterocycles. The van der Waals surface area contributed by atoms with Crippen LogP contribution in [-0.2, 0) is 6.54 Å².